The van der Waals surface area contributed by atoms with Crippen molar-refractivity contribution in [3.63, 3.8) is 0 Å². The number of ether oxygens (including phenoxy) is 1. The number of amides is 1. The van der Waals surface area contributed by atoms with Crippen LogP contribution in [0.4, 0.5) is 13.2 Å². The average molecular weight is 568 g/mol. The highest BCUT2D eigenvalue weighted by atomic mass is 32.2. The molecular weight excluding hydrogens is 539 g/mol. The van der Waals surface area contributed by atoms with E-state index in [1.54, 1.807) is 42.5 Å². The third-order valence-corrected chi connectivity index (χ3v) is 9.74. The van der Waals surface area contributed by atoms with Crippen LogP contribution in [0.1, 0.15) is 39.2 Å². The zero-order valence-electron chi connectivity index (χ0n) is 20.6. The molecule has 3 aromatic rings. The molecule has 1 aliphatic rings. The average Bonchev–Trinajstić information content (AvgIpc) is 3.40. The second kappa shape index (κ2) is 11.9. The number of rotatable bonds is 9. The molecule has 1 saturated heterocycles. The van der Waals surface area contributed by atoms with Crippen molar-refractivity contribution in [2.45, 2.75) is 42.4 Å². The van der Waals surface area contributed by atoms with E-state index in [1.165, 1.54) is 17.5 Å². The Morgan fingerprint density at radius 2 is 1.79 bits per heavy atom. The van der Waals surface area contributed by atoms with Gasteiger partial charge in [0.2, 0.25) is 0 Å². The first-order chi connectivity index (χ1) is 18.1. The van der Waals surface area contributed by atoms with Crippen LogP contribution in [0.3, 0.4) is 0 Å². The number of sulfonamides is 1. The van der Waals surface area contributed by atoms with Crippen LogP contribution in [0.5, 0.6) is 5.75 Å². The van der Waals surface area contributed by atoms with Gasteiger partial charge in [-0.15, -0.1) is 11.3 Å². The highest BCUT2D eigenvalue weighted by molar-refractivity contribution is 7.91. The Morgan fingerprint density at radius 1 is 1.05 bits per heavy atom. The van der Waals surface area contributed by atoms with Crippen molar-refractivity contribution in [3.05, 3.63) is 82.2 Å². The van der Waals surface area contributed by atoms with Crippen LogP contribution in [0.15, 0.2) is 64.9 Å². The lowest BCUT2D eigenvalue weighted by molar-refractivity contribution is -0.137. The Morgan fingerprint density at radius 3 is 2.50 bits per heavy atom. The fourth-order valence-corrected chi connectivity index (χ4v) is 7.09. The van der Waals surface area contributed by atoms with Crippen LogP contribution < -0.4 is 15.4 Å². The molecule has 4 rings (SSSR count). The van der Waals surface area contributed by atoms with Gasteiger partial charge in [0.05, 0.1) is 19.2 Å². The molecule has 38 heavy (non-hydrogen) atoms. The largest absolute Gasteiger partial charge is 0.497 e. The first-order valence-electron chi connectivity index (χ1n) is 12.0. The predicted molar refractivity (Wildman–Crippen MR) is 139 cm³/mol. The SMILES string of the molecule is COc1cccc(C(=O)NCc2ccc(S(=O)(=O)N3CCC(NCc4cccc(C(F)(F)F)c4)CC3)s2)c1. The Balaban J connectivity index is 1.28. The lowest BCUT2D eigenvalue weighted by Crippen LogP contribution is -2.44. The summed E-state index contributed by atoms with van der Waals surface area (Å²) in [5.74, 6) is 0.276. The molecule has 2 aromatic carbocycles. The first kappa shape index (κ1) is 28.1. The molecule has 1 amide bonds. The minimum Gasteiger partial charge on any atom is -0.497 e. The Bertz CT molecular complexity index is 1370. The normalized spacial score (nSPS) is 15.4. The Labute approximate surface area is 223 Å². The highest BCUT2D eigenvalue weighted by Crippen LogP contribution is 2.30. The van der Waals surface area contributed by atoms with Crippen molar-refractivity contribution in [3.8, 4) is 5.75 Å². The number of hydrogen-bond donors (Lipinski definition) is 2. The van der Waals surface area contributed by atoms with E-state index >= 15 is 0 Å². The number of methoxy groups -OCH3 is 1. The number of hydrogen-bond acceptors (Lipinski definition) is 6. The standard InChI is InChI=1S/C26H28F3N3O4S2/c1-36-22-7-3-5-19(15-22)25(33)31-17-23-8-9-24(37-23)38(34,35)32-12-10-21(11-13-32)30-16-18-4-2-6-20(14-18)26(27,28)29/h2-9,14-15,21,30H,10-13,16-17H2,1H3,(H,31,33). The number of carbonyl (C=O) groups excluding carboxylic acids is 1. The maximum Gasteiger partial charge on any atom is 0.416 e. The molecule has 0 aliphatic carbocycles. The predicted octanol–water partition coefficient (Wildman–Crippen LogP) is 4.65. The van der Waals surface area contributed by atoms with Crippen molar-refractivity contribution >= 4 is 27.3 Å². The summed E-state index contributed by atoms with van der Waals surface area (Å²) in [6.45, 7) is 1.08. The van der Waals surface area contributed by atoms with E-state index in [1.807, 2.05) is 0 Å². The van der Waals surface area contributed by atoms with E-state index in [-0.39, 0.29) is 29.2 Å². The van der Waals surface area contributed by atoms with Crippen LogP contribution in [0, 0.1) is 0 Å². The number of piperidine rings is 1. The molecule has 2 heterocycles. The molecule has 1 aromatic heterocycles. The summed E-state index contributed by atoms with van der Waals surface area (Å²) in [4.78, 5) is 13.1. The molecular formula is C26H28F3N3O4S2. The van der Waals surface area contributed by atoms with Crippen molar-refractivity contribution in [2.75, 3.05) is 20.2 Å². The van der Waals surface area contributed by atoms with E-state index in [0.29, 0.717) is 47.7 Å². The molecule has 0 saturated carbocycles. The second-order valence-electron chi connectivity index (χ2n) is 8.89. The highest BCUT2D eigenvalue weighted by Gasteiger charge is 2.32. The first-order valence-corrected chi connectivity index (χ1v) is 14.2. The summed E-state index contributed by atoms with van der Waals surface area (Å²) in [5, 5.41) is 6.04. The van der Waals surface area contributed by atoms with Crippen molar-refractivity contribution < 1.29 is 31.1 Å². The third-order valence-electron chi connectivity index (χ3n) is 6.29. The summed E-state index contributed by atoms with van der Waals surface area (Å²) >= 11 is 1.11. The van der Waals surface area contributed by atoms with Gasteiger partial charge < -0.3 is 15.4 Å². The van der Waals surface area contributed by atoms with Crippen LogP contribution in [0.25, 0.3) is 0 Å². The van der Waals surface area contributed by atoms with Crippen LogP contribution in [-0.4, -0.2) is 44.9 Å². The Kier molecular flexibility index (Phi) is 8.76. The minimum atomic E-state index is -4.39. The fourth-order valence-electron chi connectivity index (χ4n) is 4.17. The summed E-state index contributed by atoms with van der Waals surface area (Å²) < 4.78 is 71.9. The van der Waals surface area contributed by atoms with Gasteiger partial charge in [-0.1, -0.05) is 24.3 Å². The molecule has 0 unspecified atom stereocenters. The van der Waals surface area contributed by atoms with Crippen LogP contribution in [-0.2, 0) is 29.3 Å². The van der Waals surface area contributed by atoms with E-state index in [9.17, 15) is 26.4 Å². The van der Waals surface area contributed by atoms with Gasteiger partial charge in [0.15, 0.2) is 0 Å². The maximum atomic E-state index is 13.2. The summed E-state index contributed by atoms with van der Waals surface area (Å²) in [6, 6.07) is 15.2. The molecule has 12 heteroatoms. The quantitative estimate of drug-likeness (QED) is 0.393. The fraction of sp³-hybridized carbons (Fsp3) is 0.346. The molecule has 204 valence electrons. The van der Waals surface area contributed by atoms with E-state index in [0.717, 1.165) is 23.5 Å². The lowest BCUT2D eigenvalue weighted by Gasteiger charge is -2.31. The zero-order valence-corrected chi connectivity index (χ0v) is 22.3. The molecule has 1 fully saturated rings. The van der Waals surface area contributed by atoms with Crippen LogP contribution in [0.2, 0.25) is 0 Å². The van der Waals surface area contributed by atoms with E-state index < -0.39 is 21.8 Å². The smallest absolute Gasteiger partial charge is 0.416 e. The summed E-state index contributed by atoms with van der Waals surface area (Å²) in [6.07, 6.45) is -3.29. The van der Waals surface area contributed by atoms with Crippen molar-refractivity contribution in [1.82, 2.24) is 14.9 Å². The molecule has 0 spiro atoms. The lowest BCUT2D eigenvalue weighted by atomic mass is 10.1. The number of nitrogens with zero attached hydrogens (tertiary/aromatic N) is 1. The van der Waals surface area contributed by atoms with E-state index in [2.05, 4.69) is 10.6 Å². The number of halogens is 3. The minimum absolute atomic E-state index is 0.00159. The summed E-state index contributed by atoms with van der Waals surface area (Å²) in [7, 11) is -2.17. The van der Waals surface area contributed by atoms with Gasteiger partial charge in [-0.2, -0.15) is 17.5 Å². The van der Waals surface area contributed by atoms with E-state index in [4.69, 9.17) is 4.74 Å². The zero-order chi connectivity index (χ0) is 27.3. The van der Waals surface area contributed by atoms with Gasteiger partial charge in [0, 0.05) is 36.1 Å². The molecule has 0 atom stereocenters. The molecule has 0 bridgehead atoms. The number of nitrogens with one attached hydrogen (secondary N) is 2. The monoisotopic (exact) mass is 567 g/mol. The molecule has 1 aliphatic heterocycles. The molecule has 2 N–H and O–H groups in total. The third kappa shape index (κ3) is 6.93. The Hall–Kier alpha value is -2.93. The number of alkyl halides is 3. The summed E-state index contributed by atoms with van der Waals surface area (Å²) in [5.41, 5.74) is 0.283. The maximum absolute atomic E-state index is 13.2. The molecule has 7 nitrogen and oxygen atoms in total. The van der Waals surface area contributed by atoms with Gasteiger partial charge in [0.1, 0.15) is 9.96 Å². The van der Waals surface area contributed by atoms with Gasteiger partial charge in [-0.25, -0.2) is 8.42 Å². The van der Waals surface area contributed by atoms with Crippen molar-refractivity contribution in [1.29, 1.82) is 0 Å². The van der Waals surface area contributed by atoms with Gasteiger partial charge >= 0.3 is 6.18 Å². The van der Waals surface area contributed by atoms with Gasteiger partial charge in [-0.05, 0) is 54.8 Å². The van der Waals surface area contributed by atoms with Gasteiger partial charge in [-0.3, -0.25) is 4.79 Å². The number of thiophene rings is 1. The molecule has 0 radical (unpaired) electrons. The van der Waals surface area contributed by atoms with Crippen LogP contribution >= 0.6 is 11.3 Å². The van der Waals surface area contributed by atoms with Crippen molar-refractivity contribution in [2.24, 2.45) is 0 Å². The number of carbonyl (C=O) groups is 1. The topological polar surface area (TPSA) is 87.7 Å². The van der Waals surface area contributed by atoms with Gasteiger partial charge in [0.25, 0.3) is 15.9 Å². The second-order valence-corrected chi connectivity index (χ2v) is 12.2. The number of benzene rings is 2.